The van der Waals surface area contributed by atoms with Crippen molar-refractivity contribution in [3.8, 4) is 0 Å². The molecule has 1 N–H and O–H groups in total. The number of anilines is 1. The molecule has 1 aromatic heterocycles. The molecule has 94 valence electrons. The van der Waals surface area contributed by atoms with Crippen molar-refractivity contribution >= 4 is 17.4 Å². The van der Waals surface area contributed by atoms with E-state index in [-0.39, 0.29) is 0 Å². The SMILES string of the molecule is CC(CC1CC1)Nc1ncnc(Cl)c1C(C)C. The van der Waals surface area contributed by atoms with Crippen LogP contribution < -0.4 is 5.32 Å². The Morgan fingerprint density at radius 1 is 1.35 bits per heavy atom. The Labute approximate surface area is 108 Å². The van der Waals surface area contributed by atoms with Gasteiger partial charge in [0.2, 0.25) is 0 Å². The molecule has 17 heavy (non-hydrogen) atoms. The van der Waals surface area contributed by atoms with Crippen molar-refractivity contribution in [2.75, 3.05) is 5.32 Å². The zero-order valence-electron chi connectivity index (χ0n) is 10.7. The molecular formula is C13H20ClN3. The highest BCUT2D eigenvalue weighted by atomic mass is 35.5. The molecule has 0 amide bonds. The molecule has 1 aliphatic rings. The Bertz CT molecular complexity index is 388. The van der Waals surface area contributed by atoms with Crippen LogP contribution in [0.2, 0.25) is 5.15 Å². The molecule has 1 heterocycles. The van der Waals surface area contributed by atoms with E-state index >= 15 is 0 Å². The van der Waals surface area contributed by atoms with Crippen LogP contribution in [-0.2, 0) is 0 Å². The van der Waals surface area contributed by atoms with Crippen LogP contribution in [0.3, 0.4) is 0 Å². The van der Waals surface area contributed by atoms with Gasteiger partial charge in [-0.3, -0.25) is 0 Å². The van der Waals surface area contributed by atoms with Crippen molar-refractivity contribution in [1.82, 2.24) is 9.97 Å². The quantitative estimate of drug-likeness (QED) is 0.810. The van der Waals surface area contributed by atoms with E-state index in [4.69, 9.17) is 11.6 Å². The van der Waals surface area contributed by atoms with Gasteiger partial charge in [-0.1, -0.05) is 38.3 Å². The number of halogens is 1. The summed E-state index contributed by atoms with van der Waals surface area (Å²) in [4.78, 5) is 8.38. The molecule has 2 rings (SSSR count). The first-order valence-corrected chi connectivity index (χ1v) is 6.72. The van der Waals surface area contributed by atoms with Gasteiger partial charge in [-0.15, -0.1) is 0 Å². The summed E-state index contributed by atoms with van der Waals surface area (Å²) in [7, 11) is 0. The average Bonchev–Trinajstić information content (AvgIpc) is 3.00. The van der Waals surface area contributed by atoms with Crippen molar-refractivity contribution in [3.05, 3.63) is 17.0 Å². The summed E-state index contributed by atoms with van der Waals surface area (Å²) in [6, 6.07) is 0.450. The fraction of sp³-hybridized carbons (Fsp3) is 0.692. The van der Waals surface area contributed by atoms with Gasteiger partial charge in [0.05, 0.1) is 0 Å². The molecule has 0 bridgehead atoms. The maximum absolute atomic E-state index is 6.13. The van der Waals surface area contributed by atoms with Gasteiger partial charge >= 0.3 is 0 Å². The number of hydrogen-bond donors (Lipinski definition) is 1. The molecule has 1 unspecified atom stereocenters. The van der Waals surface area contributed by atoms with Gasteiger partial charge in [-0.2, -0.15) is 0 Å². The first-order chi connectivity index (χ1) is 8.08. The predicted molar refractivity (Wildman–Crippen MR) is 71.6 cm³/mol. The summed E-state index contributed by atoms with van der Waals surface area (Å²) in [6.07, 6.45) is 5.51. The monoisotopic (exact) mass is 253 g/mol. The lowest BCUT2D eigenvalue weighted by molar-refractivity contribution is 0.637. The Morgan fingerprint density at radius 2 is 2.06 bits per heavy atom. The number of hydrogen-bond acceptors (Lipinski definition) is 3. The minimum Gasteiger partial charge on any atom is -0.367 e. The Hall–Kier alpha value is -0.830. The van der Waals surface area contributed by atoms with Gasteiger partial charge in [0.1, 0.15) is 17.3 Å². The van der Waals surface area contributed by atoms with E-state index in [0.717, 1.165) is 17.3 Å². The fourth-order valence-corrected chi connectivity index (χ4v) is 2.50. The third kappa shape index (κ3) is 3.32. The third-order valence-corrected chi connectivity index (χ3v) is 3.48. The summed E-state index contributed by atoms with van der Waals surface area (Å²) in [5.41, 5.74) is 1.02. The standard InChI is InChI=1S/C13H20ClN3/c1-8(2)11-12(14)15-7-16-13(11)17-9(3)6-10-4-5-10/h7-10H,4-6H2,1-3H3,(H,15,16,17). The molecule has 1 aliphatic carbocycles. The van der Waals surface area contributed by atoms with Crippen LogP contribution in [0.5, 0.6) is 0 Å². The lowest BCUT2D eigenvalue weighted by Crippen LogP contribution is -2.18. The van der Waals surface area contributed by atoms with Crippen LogP contribution in [0, 0.1) is 5.92 Å². The first-order valence-electron chi connectivity index (χ1n) is 6.34. The van der Waals surface area contributed by atoms with Crippen molar-refractivity contribution in [1.29, 1.82) is 0 Å². The van der Waals surface area contributed by atoms with Crippen molar-refractivity contribution in [2.24, 2.45) is 5.92 Å². The van der Waals surface area contributed by atoms with Gasteiger partial charge in [0.15, 0.2) is 0 Å². The summed E-state index contributed by atoms with van der Waals surface area (Å²) < 4.78 is 0. The highest BCUT2D eigenvalue weighted by Crippen LogP contribution is 2.35. The minimum absolute atomic E-state index is 0.333. The molecule has 0 radical (unpaired) electrons. The first kappa shape index (κ1) is 12.6. The molecule has 0 spiro atoms. The van der Waals surface area contributed by atoms with Gasteiger partial charge in [0.25, 0.3) is 0 Å². The summed E-state index contributed by atoms with van der Waals surface area (Å²) in [5, 5.41) is 4.03. The van der Waals surface area contributed by atoms with Crippen molar-refractivity contribution < 1.29 is 0 Å². The van der Waals surface area contributed by atoms with Crippen LogP contribution in [-0.4, -0.2) is 16.0 Å². The number of rotatable bonds is 5. The van der Waals surface area contributed by atoms with Crippen LogP contribution in [0.4, 0.5) is 5.82 Å². The number of aromatic nitrogens is 2. The van der Waals surface area contributed by atoms with E-state index in [2.05, 4.69) is 36.1 Å². The van der Waals surface area contributed by atoms with E-state index < -0.39 is 0 Å². The molecule has 1 aromatic rings. The third-order valence-electron chi connectivity index (χ3n) is 3.18. The molecule has 0 aromatic carbocycles. The second-order valence-corrected chi connectivity index (χ2v) is 5.66. The van der Waals surface area contributed by atoms with Crippen LogP contribution in [0.15, 0.2) is 6.33 Å². The second kappa shape index (κ2) is 5.21. The maximum Gasteiger partial charge on any atom is 0.138 e. The van der Waals surface area contributed by atoms with E-state index in [1.165, 1.54) is 25.6 Å². The molecular weight excluding hydrogens is 234 g/mol. The molecule has 0 aliphatic heterocycles. The van der Waals surface area contributed by atoms with Gasteiger partial charge in [-0.05, 0) is 25.2 Å². The Balaban J connectivity index is 2.10. The van der Waals surface area contributed by atoms with E-state index in [1.807, 2.05) is 0 Å². The summed E-state index contributed by atoms with van der Waals surface area (Å²) in [5.74, 6) is 2.14. The Morgan fingerprint density at radius 3 is 2.65 bits per heavy atom. The highest BCUT2D eigenvalue weighted by molar-refractivity contribution is 6.30. The lowest BCUT2D eigenvalue weighted by atomic mass is 10.1. The molecule has 1 atom stereocenters. The van der Waals surface area contributed by atoms with Gasteiger partial charge < -0.3 is 5.32 Å². The topological polar surface area (TPSA) is 37.8 Å². The normalized spacial score (nSPS) is 17.2. The summed E-state index contributed by atoms with van der Waals surface area (Å²) in [6.45, 7) is 6.43. The average molecular weight is 254 g/mol. The zero-order valence-corrected chi connectivity index (χ0v) is 11.5. The van der Waals surface area contributed by atoms with Crippen molar-refractivity contribution in [3.63, 3.8) is 0 Å². The number of nitrogens with one attached hydrogen (secondary N) is 1. The number of nitrogens with zero attached hydrogens (tertiary/aromatic N) is 2. The Kier molecular flexibility index (Phi) is 3.87. The largest absolute Gasteiger partial charge is 0.367 e. The zero-order chi connectivity index (χ0) is 12.4. The van der Waals surface area contributed by atoms with E-state index in [1.54, 1.807) is 0 Å². The van der Waals surface area contributed by atoms with Gasteiger partial charge in [-0.25, -0.2) is 9.97 Å². The highest BCUT2D eigenvalue weighted by Gasteiger charge is 2.24. The van der Waals surface area contributed by atoms with Crippen molar-refractivity contribution in [2.45, 2.75) is 52.0 Å². The maximum atomic E-state index is 6.13. The molecule has 3 nitrogen and oxygen atoms in total. The minimum atomic E-state index is 0.333. The predicted octanol–water partition coefficient (Wildman–Crippen LogP) is 3.85. The van der Waals surface area contributed by atoms with E-state index in [9.17, 15) is 0 Å². The van der Waals surface area contributed by atoms with Gasteiger partial charge in [0, 0.05) is 11.6 Å². The molecule has 4 heteroatoms. The van der Waals surface area contributed by atoms with Crippen LogP contribution in [0.25, 0.3) is 0 Å². The lowest BCUT2D eigenvalue weighted by Gasteiger charge is -2.18. The molecule has 0 saturated heterocycles. The molecule has 1 fully saturated rings. The molecule has 1 saturated carbocycles. The smallest absolute Gasteiger partial charge is 0.138 e. The van der Waals surface area contributed by atoms with Crippen LogP contribution >= 0.6 is 11.6 Å². The second-order valence-electron chi connectivity index (χ2n) is 5.31. The van der Waals surface area contributed by atoms with E-state index in [0.29, 0.717) is 17.1 Å². The van der Waals surface area contributed by atoms with Crippen LogP contribution in [0.1, 0.15) is 51.5 Å². The fourth-order valence-electron chi connectivity index (χ4n) is 2.15. The summed E-state index contributed by atoms with van der Waals surface area (Å²) >= 11 is 6.13.